The molecular formula is C25H23BrN2O3. The third-order valence-corrected chi connectivity index (χ3v) is 5.79. The lowest BCUT2D eigenvalue weighted by Gasteiger charge is -2.07. The molecule has 0 radical (unpaired) electrons. The largest absolute Gasteiger partial charge is 0.504 e. The minimum absolute atomic E-state index is 0.0432. The van der Waals surface area contributed by atoms with Crippen molar-refractivity contribution in [2.24, 2.45) is 4.99 Å². The van der Waals surface area contributed by atoms with E-state index in [4.69, 9.17) is 9.15 Å². The van der Waals surface area contributed by atoms with E-state index in [-0.39, 0.29) is 5.75 Å². The van der Waals surface area contributed by atoms with Gasteiger partial charge in [0, 0.05) is 21.8 Å². The number of phenols is 1. The second-order valence-electron chi connectivity index (χ2n) is 7.41. The van der Waals surface area contributed by atoms with Crippen molar-refractivity contribution in [3.8, 4) is 23.0 Å². The molecule has 158 valence electrons. The number of phenolic OH excluding ortho intramolecular Hbond substituents is 1. The second kappa shape index (κ2) is 8.94. The number of fused-ring (bicyclic) bond motifs is 1. The molecule has 31 heavy (non-hydrogen) atoms. The van der Waals surface area contributed by atoms with Gasteiger partial charge in [0.1, 0.15) is 5.52 Å². The molecule has 1 aromatic heterocycles. The monoisotopic (exact) mass is 478 g/mol. The van der Waals surface area contributed by atoms with E-state index >= 15 is 0 Å². The highest BCUT2D eigenvalue weighted by Gasteiger charge is 2.12. The number of aromatic hydroxyl groups is 1. The highest BCUT2D eigenvalue weighted by Crippen LogP contribution is 2.33. The Morgan fingerprint density at radius 3 is 2.81 bits per heavy atom. The first-order valence-electron chi connectivity index (χ1n) is 10.1. The van der Waals surface area contributed by atoms with Gasteiger partial charge in [0.05, 0.1) is 12.8 Å². The summed E-state index contributed by atoms with van der Waals surface area (Å²) in [5, 5.41) is 10.3. The Kier molecular flexibility index (Phi) is 6.09. The SMILES string of the molecule is CCC(C)c1ccc2oc(-c3cccc(N=Cc4cc(Br)cc(OC)c4O)c3)nc2c1. The Morgan fingerprint density at radius 1 is 1.19 bits per heavy atom. The fourth-order valence-corrected chi connectivity index (χ4v) is 3.78. The number of benzene rings is 3. The Bertz CT molecular complexity index is 1260. The topological polar surface area (TPSA) is 67.9 Å². The molecule has 0 amide bonds. The van der Waals surface area contributed by atoms with Crippen molar-refractivity contribution in [1.29, 1.82) is 0 Å². The molecular weight excluding hydrogens is 456 g/mol. The van der Waals surface area contributed by atoms with Crippen LogP contribution in [0, 0.1) is 0 Å². The molecule has 1 heterocycles. The normalized spacial score (nSPS) is 12.5. The standard InChI is InChI=1S/C25H23BrN2O3/c1-4-15(2)16-8-9-22-21(12-16)28-25(31-22)17-6-5-7-20(11-17)27-14-18-10-19(26)13-23(30-3)24(18)29/h5-15,29H,4H2,1-3H3. The maximum Gasteiger partial charge on any atom is 0.227 e. The molecule has 0 fully saturated rings. The molecule has 4 rings (SSSR count). The van der Waals surface area contributed by atoms with Gasteiger partial charge in [0.2, 0.25) is 5.89 Å². The molecule has 0 bridgehead atoms. The minimum atomic E-state index is 0.0432. The summed E-state index contributed by atoms with van der Waals surface area (Å²) in [6, 6.07) is 17.3. The molecule has 6 heteroatoms. The predicted molar refractivity (Wildman–Crippen MR) is 128 cm³/mol. The van der Waals surface area contributed by atoms with Crippen molar-refractivity contribution in [3.05, 3.63) is 70.2 Å². The maximum absolute atomic E-state index is 10.3. The van der Waals surface area contributed by atoms with Crippen molar-refractivity contribution in [3.63, 3.8) is 0 Å². The Morgan fingerprint density at radius 2 is 2.03 bits per heavy atom. The van der Waals surface area contributed by atoms with Gasteiger partial charge in [-0.15, -0.1) is 0 Å². The summed E-state index contributed by atoms with van der Waals surface area (Å²) in [7, 11) is 1.51. The molecule has 1 N–H and O–H groups in total. The molecule has 0 aliphatic heterocycles. The Balaban J connectivity index is 1.65. The molecule has 0 aliphatic carbocycles. The van der Waals surface area contributed by atoms with Crippen molar-refractivity contribution < 1.29 is 14.3 Å². The van der Waals surface area contributed by atoms with Gasteiger partial charge in [-0.1, -0.05) is 41.9 Å². The number of nitrogens with zero attached hydrogens (tertiary/aromatic N) is 2. The van der Waals surface area contributed by atoms with Crippen LogP contribution >= 0.6 is 15.9 Å². The quantitative estimate of drug-likeness (QED) is 0.296. The predicted octanol–water partition coefficient (Wildman–Crippen LogP) is 7.24. The third kappa shape index (κ3) is 4.49. The molecule has 5 nitrogen and oxygen atoms in total. The van der Waals surface area contributed by atoms with Gasteiger partial charge in [0.25, 0.3) is 0 Å². The van der Waals surface area contributed by atoms with Crippen LogP contribution in [0.15, 0.2) is 68.5 Å². The van der Waals surface area contributed by atoms with Crippen molar-refractivity contribution in [2.45, 2.75) is 26.2 Å². The lowest BCUT2D eigenvalue weighted by atomic mass is 9.98. The number of hydrogen-bond donors (Lipinski definition) is 1. The number of methoxy groups -OCH3 is 1. The van der Waals surface area contributed by atoms with Crippen LogP contribution in [-0.4, -0.2) is 23.4 Å². The number of aliphatic imine (C=N–C) groups is 1. The molecule has 3 aromatic carbocycles. The van der Waals surface area contributed by atoms with Gasteiger partial charge >= 0.3 is 0 Å². The van der Waals surface area contributed by atoms with E-state index in [1.54, 1.807) is 18.3 Å². The van der Waals surface area contributed by atoms with E-state index < -0.39 is 0 Å². The molecule has 0 aliphatic rings. The first-order chi connectivity index (χ1) is 15.0. The van der Waals surface area contributed by atoms with Crippen LogP contribution in [0.2, 0.25) is 0 Å². The number of ether oxygens (including phenoxy) is 1. The van der Waals surface area contributed by atoms with Crippen LogP contribution < -0.4 is 4.74 Å². The van der Waals surface area contributed by atoms with Crippen molar-refractivity contribution in [2.75, 3.05) is 7.11 Å². The Labute approximate surface area is 189 Å². The zero-order valence-corrected chi connectivity index (χ0v) is 19.2. The summed E-state index contributed by atoms with van der Waals surface area (Å²) in [5.41, 5.74) is 4.99. The molecule has 0 spiro atoms. The second-order valence-corrected chi connectivity index (χ2v) is 8.33. The van der Waals surface area contributed by atoms with E-state index in [0.717, 1.165) is 33.2 Å². The summed E-state index contributed by atoms with van der Waals surface area (Å²) in [5.74, 6) is 1.46. The summed E-state index contributed by atoms with van der Waals surface area (Å²) < 4.78 is 12.0. The first-order valence-corrected chi connectivity index (χ1v) is 10.9. The summed E-state index contributed by atoms with van der Waals surface area (Å²) in [6.45, 7) is 4.39. The van der Waals surface area contributed by atoms with E-state index in [0.29, 0.717) is 23.1 Å². The van der Waals surface area contributed by atoms with E-state index in [2.05, 4.69) is 51.9 Å². The fourth-order valence-electron chi connectivity index (χ4n) is 3.32. The van der Waals surface area contributed by atoms with Gasteiger partial charge < -0.3 is 14.3 Å². The van der Waals surface area contributed by atoms with Crippen molar-refractivity contribution in [1.82, 2.24) is 4.98 Å². The van der Waals surface area contributed by atoms with E-state index in [9.17, 15) is 5.11 Å². The van der Waals surface area contributed by atoms with Crippen LogP contribution in [0.3, 0.4) is 0 Å². The molecule has 0 saturated carbocycles. The molecule has 0 saturated heterocycles. The minimum Gasteiger partial charge on any atom is -0.504 e. The number of rotatable bonds is 6. The number of hydrogen-bond acceptors (Lipinski definition) is 5. The fraction of sp³-hybridized carbons (Fsp3) is 0.200. The third-order valence-electron chi connectivity index (χ3n) is 5.33. The van der Waals surface area contributed by atoms with Gasteiger partial charge in [-0.25, -0.2) is 4.98 Å². The number of oxazole rings is 1. The van der Waals surface area contributed by atoms with Gasteiger partial charge in [-0.3, -0.25) is 4.99 Å². The van der Waals surface area contributed by atoms with Gasteiger partial charge in [-0.05, 0) is 60.4 Å². The zero-order chi connectivity index (χ0) is 22.0. The van der Waals surface area contributed by atoms with Crippen LogP contribution in [-0.2, 0) is 0 Å². The lowest BCUT2D eigenvalue weighted by molar-refractivity contribution is 0.373. The lowest BCUT2D eigenvalue weighted by Crippen LogP contribution is -1.90. The summed E-state index contributed by atoms with van der Waals surface area (Å²) in [6.07, 6.45) is 2.68. The van der Waals surface area contributed by atoms with Crippen LogP contribution in [0.1, 0.15) is 37.3 Å². The van der Waals surface area contributed by atoms with Crippen LogP contribution in [0.5, 0.6) is 11.5 Å². The van der Waals surface area contributed by atoms with Gasteiger partial charge in [0.15, 0.2) is 17.1 Å². The Hall–Kier alpha value is -3.12. The maximum atomic E-state index is 10.3. The first kappa shape index (κ1) is 21.1. The molecule has 4 aromatic rings. The average molecular weight is 479 g/mol. The van der Waals surface area contributed by atoms with Crippen LogP contribution in [0.25, 0.3) is 22.6 Å². The smallest absolute Gasteiger partial charge is 0.227 e. The van der Waals surface area contributed by atoms with E-state index in [1.165, 1.54) is 12.7 Å². The number of halogens is 1. The zero-order valence-electron chi connectivity index (χ0n) is 17.6. The van der Waals surface area contributed by atoms with E-state index in [1.807, 2.05) is 30.3 Å². The highest BCUT2D eigenvalue weighted by atomic mass is 79.9. The van der Waals surface area contributed by atoms with Crippen molar-refractivity contribution >= 4 is 38.9 Å². The number of aromatic nitrogens is 1. The van der Waals surface area contributed by atoms with Crippen LogP contribution in [0.4, 0.5) is 5.69 Å². The highest BCUT2D eigenvalue weighted by molar-refractivity contribution is 9.10. The summed E-state index contributed by atoms with van der Waals surface area (Å²) >= 11 is 3.42. The van der Waals surface area contributed by atoms with Gasteiger partial charge in [-0.2, -0.15) is 0 Å². The summed E-state index contributed by atoms with van der Waals surface area (Å²) in [4.78, 5) is 9.20. The molecule has 1 unspecified atom stereocenters. The average Bonchev–Trinajstić information content (AvgIpc) is 3.22. The molecule has 1 atom stereocenters.